The van der Waals surface area contributed by atoms with Crippen molar-refractivity contribution in [3.05, 3.63) is 54.1 Å². The zero-order chi connectivity index (χ0) is 19.6. The topological polar surface area (TPSA) is 70.7 Å². The summed E-state index contributed by atoms with van der Waals surface area (Å²) >= 11 is 0. The van der Waals surface area contributed by atoms with Gasteiger partial charge in [0.15, 0.2) is 0 Å². The van der Waals surface area contributed by atoms with E-state index in [0.717, 1.165) is 17.0 Å². The monoisotopic (exact) mass is 369 g/mol. The number of nitrogens with one attached hydrogen (secondary N) is 2. The maximum Gasteiger partial charge on any atom is 0.243 e. The van der Waals surface area contributed by atoms with Gasteiger partial charge in [0.25, 0.3) is 0 Å². The van der Waals surface area contributed by atoms with Crippen LogP contribution in [0.15, 0.2) is 48.5 Å². The molecular formula is C21H27N3O3. The van der Waals surface area contributed by atoms with E-state index in [4.69, 9.17) is 4.74 Å². The van der Waals surface area contributed by atoms with Crippen LogP contribution in [0.4, 0.5) is 11.4 Å². The zero-order valence-corrected chi connectivity index (χ0v) is 16.1. The standard InChI is InChI=1S/C21H27N3O3/c1-4-27-19-7-5-6-18(14-19)23-20(25)15-22-17-11-8-16(9-12-17)10-13-21(26)24(2)3/h5-9,11-12,14,22H,4,10,13,15H2,1-3H3,(H,23,25). The van der Waals surface area contributed by atoms with Crippen molar-refractivity contribution in [1.82, 2.24) is 4.90 Å². The van der Waals surface area contributed by atoms with E-state index in [2.05, 4.69) is 10.6 Å². The molecule has 144 valence electrons. The third-order valence-corrected chi connectivity index (χ3v) is 3.96. The molecule has 6 heteroatoms. The molecule has 0 aromatic heterocycles. The van der Waals surface area contributed by atoms with Crippen LogP contribution >= 0.6 is 0 Å². The first kappa shape index (κ1) is 20.3. The normalized spacial score (nSPS) is 10.2. The molecule has 0 saturated heterocycles. The van der Waals surface area contributed by atoms with Crippen LogP contribution in [0.5, 0.6) is 5.75 Å². The number of hydrogen-bond donors (Lipinski definition) is 2. The fourth-order valence-corrected chi connectivity index (χ4v) is 2.48. The van der Waals surface area contributed by atoms with Crippen molar-refractivity contribution in [2.45, 2.75) is 19.8 Å². The van der Waals surface area contributed by atoms with Gasteiger partial charge in [-0.15, -0.1) is 0 Å². The van der Waals surface area contributed by atoms with Crippen LogP contribution in [-0.4, -0.2) is 44.0 Å². The predicted molar refractivity (Wildman–Crippen MR) is 108 cm³/mol. The Morgan fingerprint density at radius 1 is 1.04 bits per heavy atom. The van der Waals surface area contributed by atoms with Crippen LogP contribution < -0.4 is 15.4 Å². The van der Waals surface area contributed by atoms with Crippen LogP contribution in [0.3, 0.4) is 0 Å². The Kier molecular flexibility index (Phi) is 7.67. The second-order valence-electron chi connectivity index (χ2n) is 6.35. The second kappa shape index (κ2) is 10.2. The number of nitrogens with zero attached hydrogens (tertiary/aromatic N) is 1. The molecule has 2 aromatic rings. The van der Waals surface area contributed by atoms with Crippen LogP contribution in [0.1, 0.15) is 18.9 Å². The number of carbonyl (C=O) groups is 2. The van der Waals surface area contributed by atoms with Gasteiger partial charge in [-0.25, -0.2) is 0 Å². The Morgan fingerprint density at radius 2 is 1.78 bits per heavy atom. The van der Waals surface area contributed by atoms with E-state index in [1.54, 1.807) is 25.1 Å². The average Bonchev–Trinajstić information content (AvgIpc) is 2.65. The summed E-state index contributed by atoms with van der Waals surface area (Å²) < 4.78 is 5.43. The van der Waals surface area contributed by atoms with Gasteiger partial charge >= 0.3 is 0 Å². The first-order chi connectivity index (χ1) is 13.0. The predicted octanol–water partition coefficient (Wildman–Crippen LogP) is 3.16. The summed E-state index contributed by atoms with van der Waals surface area (Å²) in [6.07, 6.45) is 1.19. The van der Waals surface area contributed by atoms with Gasteiger partial charge in [-0.05, 0) is 43.2 Å². The van der Waals surface area contributed by atoms with Gasteiger partial charge in [0.1, 0.15) is 5.75 Å². The lowest BCUT2D eigenvalue weighted by Crippen LogP contribution is -2.22. The Balaban J connectivity index is 1.79. The Morgan fingerprint density at radius 3 is 2.44 bits per heavy atom. The molecule has 0 spiro atoms. The molecule has 27 heavy (non-hydrogen) atoms. The average molecular weight is 369 g/mol. The minimum absolute atomic E-state index is 0.113. The van der Waals surface area contributed by atoms with Gasteiger partial charge in [0, 0.05) is 38.0 Å². The SMILES string of the molecule is CCOc1cccc(NC(=O)CNc2ccc(CCC(=O)N(C)C)cc2)c1. The van der Waals surface area contributed by atoms with Gasteiger partial charge in [-0.3, -0.25) is 9.59 Å². The van der Waals surface area contributed by atoms with Crippen LogP contribution in [0.25, 0.3) is 0 Å². The molecule has 0 heterocycles. The van der Waals surface area contributed by atoms with E-state index in [1.807, 2.05) is 49.4 Å². The molecule has 2 aromatic carbocycles. The van der Waals surface area contributed by atoms with Crippen LogP contribution in [-0.2, 0) is 16.0 Å². The third kappa shape index (κ3) is 7.01. The zero-order valence-electron chi connectivity index (χ0n) is 16.1. The highest BCUT2D eigenvalue weighted by atomic mass is 16.5. The number of amides is 2. The van der Waals surface area contributed by atoms with E-state index in [0.29, 0.717) is 25.1 Å². The summed E-state index contributed by atoms with van der Waals surface area (Å²) in [6, 6.07) is 15.1. The minimum atomic E-state index is -0.135. The largest absolute Gasteiger partial charge is 0.494 e. The summed E-state index contributed by atoms with van der Waals surface area (Å²) in [7, 11) is 3.51. The fourth-order valence-electron chi connectivity index (χ4n) is 2.48. The Bertz CT molecular complexity index is 758. The lowest BCUT2D eigenvalue weighted by atomic mass is 10.1. The van der Waals surface area contributed by atoms with Crippen LogP contribution in [0.2, 0.25) is 0 Å². The smallest absolute Gasteiger partial charge is 0.243 e. The molecule has 0 radical (unpaired) electrons. The molecular weight excluding hydrogens is 342 g/mol. The number of anilines is 2. The second-order valence-corrected chi connectivity index (χ2v) is 6.35. The summed E-state index contributed by atoms with van der Waals surface area (Å²) in [5.41, 5.74) is 2.65. The van der Waals surface area contributed by atoms with E-state index < -0.39 is 0 Å². The molecule has 2 amide bonds. The van der Waals surface area contributed by atoms with Gasteiger partial charge in [-0.2, -0.15) is 0 Å². The molecule has 0 aliphatic carbocycles. The highest BCUT2D eigenvalue weighted by molar-refractivity contribution is 5.93. The number of benzene rings is 2. The molecule has 0 bridgehead atoms. The molecule has 0 fully saturated rings. The molecule has 2 rings (SSSR count). The van der Waals surface area contributed by atoms with Crippen molar-refractivity contribution in [2.75, 3.05) is 37.9 Å². The van der Waals surface area contributed by atoms with Gasteiger partial charge in [0.05, 0.1) is 13.2 Å². The Labute approximate surface area is 160 Å². The lowest BCUT2D eigenvalue weighted by molar-refractivity contribution is -0.128. The summed E-state index contributed by atoms with van der Waals surface area (Å²) in [4.78, 5) is 25.3. The van der Waals surface area contributed by atoms with Crippen molar-refractivity contribution in [1.29, 1.82) is 0 Å². The summed E-state index contributed by atoms with van der Waals surface area (Å²) in [6.45, 7) is 2.66. The van der Waals surface area contributed by atoms with Crippen molar-refractivity contribution < 1.29 is 14.3 Å². The highest BCUT2D eigenvalue weighted by Gasteiger charge is 2.06. The fraction of sp³-hybridized carbons (Fsp3) is 0.333. The maximum atomic E-state index is 12.1. The van der Waals surface area contributed by atoms with E-state index >= 15 is 0 Å². The van der Waals surface area contributed by atoms with Gasteiger partial charge < -0.3 is 20.3 Å². The van der Waals surface area contributed by atoms with E-state index in [1.165, 1.54) is 0 Å². The molecule has 6 nitrogen and oxygen atoms in total. The number of aryl methyl sites for hydroxylation is 1. The number of ether oxygens (including phenoxy) is 1. The minimum Gasteiger partial charge on any atom is -0.494 e. The molecule has 0 unspecified atom stereocenters. The summed E-state index contributed by atoms with van der Waals surface area (Å²) in [5.74, 6) is 0.707. The quantitative estimate of drug-likeness (QED) is 0.712. The Hall–Kier alpha value is -3.02. The third-order valence-electron chi connectivity index (χ3n) is 3.96. The highest BCUT2D eigenvalue weighted by Crippen LogP contribution is 2.17. The van der Waals surface area contributed by atoms with Crippen molar-refractivity contribution in [3.8, 4) is 5.75 Å². The van der Waals surface area contributed by atoms with Crippen molar-refractivity contribution >= 4 is 23.2 Å². The molecule has 0 aliphatic rings. The number of carbonyl (C=O) groups excluding carboxylic acids is 2. The van der Waals surface area contributed by atoms with Crippen molar-refractivity contribution in [2.24, 2.45) is 0 Å². The molecule has 2 N–H and O–H groups in total. The maximum absolute atomic E-state index is 12.1. The van der Waals surface area contributed by atoms with E-state index in [9.17, 15) is 9.59 Å². The number of hydrogen-bond acceptors (Lipinski definition) is 4. The number of rotatable bonds is 9. The lowest BCUT2D eigenvalue weighted by Gasteiger charge is -2.11. The van der Waals surface area contributed by atoms with Gasteiger partial charge in [0.2, 0.25) is 11.8 Å². The van der Waals surface area contributed by atoms with Crippen LogP contribution in [0, 0.1) is 0 Å². The van der Waals surface area contributed by atoms with Gasteiger partial charge in [-0.1, -0.05) is 18.2 Å². The first-order valence-corrected chi connectivity index (χ1v) is 9.03. The first-order valence-electron chi connectivity index (χ1n) is 9.03. The molecule has 0 aliphatic heterocycles. The molecule has 0 saturated carbocycles. The summed E-state index contributed by atoms with van der Waals surface area (Å²) in [5, 5.41) is 5.94. The van der Waals surface area contributed by atoms with E-state index in [-0.39, 0.29) is 18.4 Å². The molecule has 0 atom stereocenters. The van der Waals surface area contributed by atoms with Crippen molar-refractivity contribution in [3.63, 3.8) is 0 Å².